The van der Waals surface area contributed by atoms with Gasteiger partial charge in [0.05, 0.1) is 34.6 Å². The predicted octanol–water partition coefficient (Wildman–Crippen LogP) is 5.13. The van der Waals surface area contributed by atoms with Gasteiger partial charge in [0.2, 0.25) is 0 Å². The lowest BCUT2D eigenvalue weighted by atomic mass is 9.87. The molecule has 2 aromatic carbocycles. The van der Waals surface area contributed by atoms with Gasteiger partial charge in [0.1, 0.15) is 11.0 Å². The molecule has 158 valence electrons. The molecule has 0 fully saturated rings. The number of benzene rings is 2. The van der Waals surface area contributed by atoms with Gasteiger partial charge in [-0.25, -0.2) is 13.7 Å². The summed E-state index contributed by atoms with van der Waals surface area (Å²) >= 11 is 6.16. The van der Waals surface area contributed by atoms with E-state index < -0.39 is 17.0 Å². The zero-order valence-corrected chi connectivity index (χ0v) is 18.9. The van der Waals surface area contributed by atoms with Gasteiger partial charge < -0.3 is 4.74 Å². The number of hydrogen-bond acceptors (Lipinski definition) is 4. The number of ether oxygens (including phenoxy) is 1. The van der Waals surface area contributed by atoms with E-state index in [1.165, 1.54) is 16.4 Å². The molecule has 0 aliphatic heterocycles. The van der Waals surface area contributed by atoms with Crippen LogP contribution in [0, 0.1) is 0 Å². The average molecular weight is 446 g/mol. The molecule has 30 heavy (non-hydrogen) atoms. The first-order valence-corrected chi connectivity index (χ1v) is 11.0. The maximum absolute atomic E-state index is 12.9. The van der Waals surface area contributed by atoms with E-state index in [0.717, 1.165) is 0 Å². The maximum atomic E-state index is 12.9. The van der Waals surface area contributed by atoms with E-state index in [-0.39, 0.29) is 12.0 Å². The molecule has 0 bridgehead atoms. The van der Waals surface area contributed by atoms with E-state index in [0.29, 0.717) is 26.9 Å². The molecular formula is C22H24ClN3O3S. The number of nitrogens with zero attached hydrogens (tertiary/aromatic N) is 2. The summed E-state index contributed by atoms with van der Waals surface area (Å²) in [7, 11) is -1.49. The molecular weight excluding hydrogens is 422 g/mol. The third-order valence-corrected chi connectivity index (χ3v) is 5.78. The quantitative estimate of drug-likeness (QED) is 0.533. The van der Waals surface area contributed by atoms with Crippen molar-refractivity contribution < 1.29 is 13.7 Å². The largest absolute Gasteiger partial charge is 0.462 e. The van der Waals surface area contributed by atoms with Crippen LogP contribution >= 0.6 is 11.6 Å². The second kappa shape index (κ2) is 9.02. The third kappa shape index (κ3) is 5.09. The number of anilines is 1. The number of nitrogens with one attached hydrogen (secondary N) is 1. The Morgan fingerprint density at radius 2 is 1.90 bits per heavy atom. The molecule has 0 spiro atoms. The number of carbonyl (C=O) groups is 1. The topological polar surface area (TPSA) is 73.2 Å². The molecule has 0 saturated carbocycles. The predicted molar refractivity (Wildman–Crippen MR) is 120 cm³/mol. The van der Waals surface area contributed by atoms with Gasteiger partial charge in [0.25, 0.3) is 0 Å². The number of halogens is 1. The summed E-state index contributed by atoms with van der Waals surface area (Å²) in [5.41, 5.74) is 2.64. The van der Waals surface area contributed by atoms with Crippen molar-refractivity contribution in [3.05, 3.63) is 71.0 Å². The molecule has 0 aliphatic carbocycles. The zero-order valence-electron chi connectivity index (χ0n) is 17.3. The second-order valence-corrected chi connectivity index (χ2v) is 9.35. The van der Waals surface area contributed by atoms with Crippen molar-refractivity contribution in [1.29, 1.82) is 0 Å². The summed E-state index contributed by atoms with van der Waals surface area (Å²) < 4.78 is 22.4. The van der Waals surface area contributed by atoms with Gasteiger partial charge in [0.15, 0.2) is 0 Å². The molecule has 1 unspecified atom stereocenters. The Kier molecular flexibility index (Phi) is 6.63. The van der Waals surface area contributed by atoms with E-state index >= 15 is 0 Å². The van der Waals surface area contributed by atoms with Crippen molar-refractivity contribution in [3.8, 4) is 5.69 Å². The van der Waals surface area contributed by atoms with E-state index in [1.807, 2.05) is 24.3 Å². The lowest BCUT2D eigenvalue weighted by molar-refractivity contribution is 0.0526. The number of esters is 1. The molecule has 8 heteroatoms. The highest BCUT2D eigenvalue weighted by atomic mass is 35.5. The van der Waals surface area contributed by atoms with Crippen molar-refractivity contribution in [2.24, 2.45) is 0 Å². The van der Waals surface area contributed by atoms with Gasteiger partial charge in [-0.05, 0) is 48.2 Å². The van der Waals surface area contributed by atoms with Crippen LogP contribution in [0.2, 0.25) is 5.02 Å². The number of rotatable bonds is 6. The molecule has 6 nitrogen and oxygen atoms in total. The molecule has 1 aromatic heterocycles. The summed E-state index contributed by atoms with van der Waals surface area (Å²) in [4.78, 5) is 12.6. The van der Waals surface area contributed by atoms with Crippen LogP contribution in [0.1, 0.15) is 43.6 Å². The van der Waals surface area contributed by atoms with E-state index in [2.05, 4.69) is 30.6 Å². The molecule has 0 saturated heterocycles. The number of hydrogen-bond donors (Lipinski definition) is 1. The van der Waals surface area contributed by atoms with Crippen LogP contribution in [0.15, 0.2) is 59.8 Å². The van der Waals surface area contributed by atoms with Crippen LogP contribution in [0.5, 0.6) is 0 Å². The SMILES string of the molecule is CCOC(=O)c1cnn(-c2cc(Cl)ccc2NS(=O)c2ccc(C(C)(C)C)cc2)c1. The van der Waals surface area contributed by atoms with Crippen LogP contribution in [0.4, 0.5) is 5.69 Å². The Hall–Kier alpha value is -2.64. The summed E-state index contributed by atoms with van der Waals surface area (Å²) in [6.45, 7) is 8.41. The van der Waals surface area contributed by atoms with Crippen molar-refractivity contribution in [1.82, 2.24) is 9.78 Å². The molecule has 1 atom stereocenters. The van der Waals surface area contributed by atoms with Gasteiger partial charge >= 0.3 is 5.97 Å². The lowest BCUT2D eigenvalue weighted by Crippen LogP contribution is -2.12. The van der Waals surface area contributed by atoms with Gasteiger partial charge in [-0.3, -0.25) is 4.72 Å². The summed E-state index contributed by atoms with van der Waals surface area (Å²) in [5, 5.41) is 4.72. The highest BCUT2D eigenvalue weighted by Gasteiger charge is 2.16. The van der Waals surface area contributed by atoms with Gasteiger partial charge in [0, 0.05) is 11.2 Å². The molecule has 1 N–H and O–H groups in total. The molecule has 3 aromatic rings. The standard InChI is InChI=1S/C22H24ClN3O3S/c1-5-29-21(27)15-13-24-26(14-15)20-12-17(23)8-11-19(20)25-30(28)18-9-6-16(7-10-18)22(2,3)4/h6-14,25H,5H2,1-4H3. The number of aromatic nitrogens is 2. The van der Waals surface area contributed by atoms with Crippen molar-refractivity contribution in [2.75, 3.05) is 11.3 Å². The van der Waals surface area contributed by atoms with Crippen molar-refractivity contribution >= 4 is 34.2 Å². The Bertz CT molecular complexity index is 1070. The summed E-state index contributed by atoms with van der Waals surface area (Å²) in [6, 6.07) is 12.8. The fourth-order valence-electron chi connectivity index (χ4n) is 2.79. The highest BCUT2D eigenvalue weighted by molar-refractivity contribution is 7.86. The first kappa shape index (κ1) is 22.1. The smallest absolute Gasteiger partial charge is 0.341 e. The van der Waals surface area contributed by atoms with Crippen molar-refractivity contribution in [2.45, 2.75) is 38.0 Å². The zero-order chi connectivity index (χ0) is 21.9. The molecule has 0 amide bonds. The second-order valence-electron chi connectivity index (χ2n) is 7.70. The highest BCUT2D eigenvalue weighted by Crippen LogP contribution is 2.27. The fourth-order valence-corrected chi connectivity index (χ4v) is 3.83. The van der Waals surface area contributed by atoms with Crippen molar-refractivity contribution in [3.63, 3.8) is 0 Å². The Balaban J connectivity index is 1.87. The lowest BCUT2D eigenvalue weighted by Gasteiger charge is -2.19. The summed E-state index contributed by atoms with van der Waals surface area (Å²) in [6.07, 6.45) is 2.97. The maximum Gasteiger partial charge on any atom is 0.341 e. The van der Waals surface area contributed by atoms with E-state index in [4.69, 9.17) is 16.3 Å². The van der Waals surface area contributed by atoms with E-state index in [9.17, 15) is 9.00 Å². The van der Waals surface area contributed by atoms with Crippen LogP contribution in [0.3, 0.4) is 0 Å². The monoisotopic (exact) mass is 445 g/mol. The molecule has 3 rings (SSSR count). The van der Waals surface area contributed by atoms with Crippen LogP contribution in [0.25, 0.3) is 5.69 Å². The number of carbonyl (C=O) groups excluding carboxylic acids is 1. The molecule has 0 radical (unpaired) electrons. The minimum atomic E-state index is -1.49. The first-order valence-electron chi connectivity index (χ1n) is 9.49. The Morgan fingerprint density at radius 3 is 2.53 bits per heavy atom. The third-order valence-electron chi connectivity index (χ3n) is 4.44. The minimum absolute atomic E-state index is 0.0214. The van der Waals surface area contributed by atoms with E-state index in [1.54, 1.807) is 31.3 Å². The van der Waals surface area contributed by atoms with Crippen LogP contribution < -0.4 is 4.72 Å². The van der Waals surface area contributed by atoms with Gasteiger partial charge in [-0.1, -0.05) is 44.5 Å². The first-order chi connectivity index (χ1) is 14.2. The normalized spacial score (nSPS) is 12.4. The summed E-state index contributed by atoms with van der Waals surface area (Å²) in [5.74, 6) is -0.456. The Labute approximate surface area is 183 Å². The average Bonchev–Trinajstić information content (AvgIpc) is 3.19. The van der Waals surface area contributed by atoms with Crippen LogP contribution in [-0.4, -0.2) is 26.6 Å². The van der Waals surface area contributed by atoms with Gasteiger partial charge in [-0.2, -0.15) is 5.10 Å². The fraction of sp³-hybridized carbons (Fsp3) is 0.273. The van der Waals surface area contributed by atoms with Gasteiger partial charge in [-0.15, -0.1) is 0 Å². The molecule has 0 aliphatic rings. The Morgan fingerprint density at radius 1 is 1.20 bits per heavy atom. The van der Waals surface area contributed by atoms with Crippen LogP contribution in [-0.2, 0) is 21.1 Å². The minimum Gasteiger partial charge on any atom is -0.462 e. The molecule has 1 heterocycles.